The van der Waals surface area contributed by atoms with E-state index < -0.39 is 0 Å². The summed E-state index contributed by atoms with van der Waals surface area (Å²) in [4.78, 5) is 18.7. The molecule has 0 spiro atoms. The number of aromatic nitrogens is 3. The molecule has 2 aromatic heterocycles. The van der Waals surface area contributed by atoms with Gasteiger partial charge in [-0.1, -0.05) is 0 Å². The molecule has 7 heteroatoms. The van der Waals surface area contributed by atoms with E-state index in [9.17, 15) is 4.79 Å². The zero-order valence-electron chi connectivity index (χ0n) is 12.3. The summed E-state index contributed by atoms with van der Waals surface area (Å²) < 4.78 is 7.04. The van der Waals surface area contributed by atoms with Gasteiger partial charge in [0.2, 0.25) is 0 Å². The van der Waals surface area contributed by atoms with Crippen LogP contribution in [0.3, 0.4) is 0 Å². The number of hydrogen-bond acceptors (Lipinski definition) is 6. The van der Waals surface area contributed by atoms with E-state index in [0.717, 1.165) is 48.6 Å². The van der Waals surface area contributed by atoms with E-state index in [0.29, 0.717) is 12.6 Å². The number of oxazole rings is 1. The van der Waals surface area contributed by atoms with Crippen LogP contribution in [-0.2, 0) is 18.7 Å². The minimum absolute atomic E-state index is 0.000467. The lowest BCUT2D eigenvalue weighted by Crippen LogP contribution is -2.38. The molecule has 116 valence electrons. The van der Waals surface area contributed by atoms with E-state index >= 15 is 0 Å². The summed E-state index contributed by atoms with van der Waals surface area (Å²) in [6.07, 6.45) is 6.32. The lowest BCUT2D eigenvalue weighted by Gasteiger charge is -2.24. The second-order valence-corrected chi connectivity index (χ2v) is 6.85. The summed E-state index contributed by atoms with van der Waals surface area (Å²) in [5.41, 5.74) is 2.19. The molecule has 1 saturated heterocycles. The van der Waals surface area contributed by atoms with Crippen LogP contribution in [0.25, 0.3) is 0 Å². The average Bonchev–Trinajstić information content (AvgIpc) is 3.18. The van der Waals surface area contributed by atoms with Crippen molar-refractivity contribution < 1.29 is 4.42 Å². The van der Waals surface area contributed by atoms with Gasteiger partial charge in [0.1, 0.15) is 6.26 Å². The topological polar surface area (TPSA) is 64.2 Å². The molecule has 0 bridgehead atoms. The van der Waals surface area contributed by atoms with Crippen LogP contribution in [0.15, 0.2) is 27.7 Å². The van der Waals surface area contributed by atoms with Gasteiger partial charge < -0.3 is 9.32 Å². The first kappa shape index (κ1) is 13.9. The SMILES string of the molecule is O=c1cc2c(nn1CC1CCCN1c1ncco1)CCSC2. The van der Waals surface area contributed by atoms with Crippen molar-refractivity contribution in [2.24, 2.45) is 0 Å². The van der Waals surface area contributed by atoms with Crippen LogP contribution >= 0.6 is 11.8 Å². The Morgan fingerprint density at radius 2 is 2.41 bits per heavy atom. The molecule has 2 aliphatic heterocycles. The van der Waals surface area contributed by atoms with Gasteiger partial charge in [-0.05, 0) is 24.2 Å². The summed E-state index contributed by atoms with van der Waals surface area (Å²) in [5.74, 6) is 1.99. The van der Waals surface area contributed by atoms with E-state index in [4.69, 9.17) is 4.42 Å². The van der Waals surface area contributed by atoms with Gasteiger partial charge in [-0.2, -0.15) is 16.9 Å². The van der Waals surface area contributed by atoms with Crippen LogP contribution < -0.4 is 10.5 Å². The molecule has 0 saturated carbocycles. The van der Waals surface area contributed by atoms with Gasteiger partial charge in [0.25, 0.3) is 11.6 Å². The van der Waals surface area contributed by atoms with E-state index in [2.05, 4.69) is 15.0 Å². The third-order valence-corrected chi connectivity index (χ3v) is 5.34. The van der Waals surface area contributed by atoms with Crippen LogP contribution in [0.2, 0.25) is 0 Å². The van der Waals surface area contributed by atoms with Gasteiger partial charge >= 0.3 is 0 Å². The van der Waals surface area contributed by atoms with Crippen LogP contribution in [0, 0.1) is 0 Å². The monoisotopic (exact) mass is 318 g/mol. The minimum atomic E-state index is 0.000467. The Labute approximate surface area is 132 Å². The van der Waals surface area contributed by atoms with Crippen molar-refractivity contribution in [1.82, 2.24) is 14.8 Å². The van der Waals surface area contributed by atoms with Gasteiger partial charge in [0.15, 0.2) is 0 Å². The van der Waals surface area contributed by atoms with Crippen molar-refractivity contribution in [3.63, 3.8) is 0 Å². The van der Waals surface area contributed by atoms with E-state index in [-0.39, 0.29) is 11.6 Å². The van der Waals surface area contributed by atoms with Crippen molar-refractivity contribution in [3.8, 4) is 0 Å². The average molecular weight is 318 g/mol. The van der Waals surface area contributed by atoms with Crippen molar-refractivity contribution in [2.45, 2.75) is 37.6 Å². The number of rotatable bonds is 3. The Balaban J connectivity index is 1.59. The van der Waals surface area contributed by atoms with Crippen molar-refractivity contribution in [3.05, 3.63) is 40.1 Å². The van der Waals surface area contributed by atoms with Crippen molar-refractivity contribution in [1.29, 1.82) is 0 Å². The van der Waals surface area contributed by atoms with Crippen molar-refractivity contribution in [2.75, 3.05) is 17.2 Å². The first-order valence-corrected chi connectivity index (χ1v) is 8.80. The molecule has 1 fully saturated rings. The molecule has 6 nitrogen and oxygen atoms in total. The molecule has 1 unspecified atom stereocenters. The van der Waals surface area contributed by atoms with Crippen LogP contribution in [0.1, 0.15) is 24.1 Å². The normalized spacial score (nSPS) is 21.1. The van der Waals surface area contributed by atoms with Gasteiger partial charge in [-0.15, -0.1) is 0 Å². The molecule has 0 aromatic carbocycles. The maximum Gasteiger partial charge on any atom is 0.297 e. The third kappa shape index (κ3) is 2.54. The highest BCUT2D eigenvalue weighted by atomic mass is 32.2. The van der Waals surface area contributed by atoms with Gasteiger partial charge in [0, 0.05) is 24.8 Å². The summed E-state index contributed by atoms with van der Waals surface area (Å²) in [6.45, 7) is 1.52. The lowest BCUT2D eigenvalue weighted by atomic mass is 10.2. The predicted octanol–water partition coefficient (Wildman–Crippen LogP) is 1.69. The fourth-order valence-corrected chi connectivity index (χ4v) is 4.17. The van der Waals surface area contributed by atoms with Gasteiger partial charge in [-0.3, -0.25) is 4.79 Å². The zero-order chi connectivity index (χ0) is 14.9. The fourth-order valence-electron chi connectivity index (χ4n) is 3.22. The summed E-state index contributed by atoms with van der Waals surface area (Å²) >= 11 is 1.87. The molecule has 0 radical (unpaired) electrons. The molecule has 4 heterocycles. The number of anilines is 1. The van der Waals surface area contributed by atoms with Gasteiger partial charge in [-0.25, -0.2) is 9.67 Å². The third-order valence-electron chi connectivity index (χ3n) is 4.33. The molecule has 4 rings (SSSR count). The van der Waals surface area contributed by atoms with Crippen molar-refractivity contribution >= 4 is 17.8 Å². The summed E-state index contributed by atoms with van der Waals surface area (Å²) in [7, 11) is 0. The predicted molar refractivity (Wildman–Crippen MR) is 85.2 cm³/mol. The summed E-state index contributed by atoms with van der Waals surface area (Å²) in [5, 5.41) is 4.61. The number of nitrogens with zero attached hydrogens (tertiary/aromatic N) is 4. The quantitative estimate of drug-likeness (QED) is 0.858. The summed E-state index contributed by atoms with van der Waals surface area (Å²) in [6, 6.07) is 2.63. The smallest absolute Gasteiger partial charge is 0.297 e. The Morgan fingerprint density at radius 1 is 1.45 bits per heavy atom. The van der Waals surface area contributed by atoms with E-state index in [1.54, 1.807) is 23.2 Å². The molecule has 1 atom stereocenters. The molecule has 22 heavy (non-hydrogen) atoms. The van der Waals surface area contributed by atoms with E-state index in [1.165, 1.54) is 0 Å². The second kappa shape index (κ2) is 5.79. The number of thioether (sulfide) groups is 1. The second-order valence-electron chi connectivity index (χ2n) is 5.74. The maximum atomic E-state index is 12.3. The standard InChI is InChI=1S/C15H18N4O2S/c20-14-8-11-10-22-7-3-13(11)17-19(14)9-12-2-1-5-18(12)15-16-4-6-21-15/h4,6,8,12H,1-3,5,7,9-10H2. The highest BCUT2D eigenvalue weighted by Gasteiger charge is 2.28. The lowest BCUT2D eigenvalue weighted by molar-refractivity contribution is 0.454. The van der Waals surface area contributed by atoms with Crippen LogP contribution in [0.5, 0.6) is 0 Å². The number of fused-ring (bicyclic) bond motifs is 1. The molecular formula is C15H18N4O2S. The van der Waals surface area contributed by atoms with Crippen LogP contribution in [0.4, 0.5) is 6.01 Å². The van der Waals surface area contributed by atoms with E-state index in [1.807, 2.05) is 11.8 Å². The molecule has 0 N–H and O–H groups in total. The fraction of sp³-hybridized carbons (Fsp3) is 0.533. The maximum absolute atomic E-state index is 12.3. The Bertz CT molecular complexity index is 713. The highest BCUT2D eigenvalue weighted by molar-refractivity contribution is 7.98. The molecule has 2 aromatic rings. The largest absolute Gasteiger partial charge is 0.432 e. The highest BCUT2D eigenvalue weighted by Crippen LogP contribution is 2.25. The Morgan fingerprint density at radius 3 is 3.27 bits per heavy atom. The molecular weight excluding hydrogens is 300 g/mol. The van der Waals surface area contributed by atoms with Crippen LogP contribution in [-0.4, -0.2) is 33.1 Å². The Kier molecular flexibility index (Phi) is 3.65. The first-order valence-electron chi connectivity index (χ1n) is 7.65. The molecule has 2 aliphatic rings. The Hall–Kier alpha value is -1.76. The molecule has 0 aliphatic carbocycles. The number of hydrogen-bond donors (Lipinski definition) is 0. The molecule has 0 amide bonds. The first-order chi connectivity index (χ1) is 10.8. The zero-order valence-corrected chi connectivity index (χ0v) is 13.1. The minimum Gasteiger partial charge on any atom is -0.432 e. The number of aryl methyl sites for hydroxylation is 1. The van der Waals surface area contributed by atoms with Gasteiger partial charge in [0.05, 0.1) is 24.5 Å².